The van der Waals surface area contributed by atoms with Gasteiger partial charge in [-0.15, -0.1) is 0 Å². The number of halogens is 1. The van der Waals surface area contributed by atoms with E-state index in [1.54, 1.807) is 24.4 Å². The number of nitrogens with zero attached hydrogens (tertiary/aromatic N) is 2. The minimum Gasteiger partial charge on any atom is -0.491 e. The van der Waals surface area contributed by atoms with Crippen molar-refractivity contribution in [2.45, 2.75) is 25.4 Å². The topological polar surface area (TPSA) is 68.5 Å². The highest BCUT2D eigenvalue weighted by molar-refractivity contribution is 6.31. The number of carbonyl (C=O) groups is 1. The van der Waals surface area contributed by atoms with Crippen molar-refractivity contribution in [3.63, 3.8) is 0 Å². The van der Waals surface area contributed by atoms with E-state index < -0.39 is 0 Å². The smallest absolute Gasteiger partial charge is 0.258 e. The minimum atomic E-state index is -0.0855. The quantitative estimate of drug-likeness (QED) is 0.837. The van der Waals surface area contributed by atoms with Gasteiger partial charge < -0.3 is 15.4 Å². The molecule has 0 saturated heterocycles. The van der Waals surface area contributed by atoms with Crippen LogP contribution in [-0.2, 0) is 6.54 Å². The molecule has 1 heterocycles. The summed E-state index contributed by atoms with van der Waals surface area (Å²) >= 11 is 6.09. The van der Waals surface area contributed by atoms with Gasteiger partial charge in [0.25, 0.3) is 5.91 Å². The molecule has 1 aliphatic carbocycles. The molecule has 3 rings (SSSR count). The number of pyridine rings is 1. The van der Waals surface area contributed by atoms with Crippen LogP contribution in [0.1, 0.15) is 28.9 Å². The molecule has 5 nitrogen and oxygen atoms in total. The molecule has 1 aromatic carbocycles. The number of nitrogens with two attached hydrogens (primary N) is 1. The van der Waals surface area contributed by atoms with Crippen LogP contribution in [0.3, 0.4) is 0 Å². The zero-order chi connectivity index (χ0) is 16.9. The molecule has 1 saturated carbocycles. The van der Waals surface area contributed by atoms with E-state index in [0.717, 1.165) is 18.5 Å². The average Bonchev–Trinajstić information content (AvgIpc) is 3.44. The van der Waals surface area contributed by atoms with Crippen molar-refractivity contribution in [1.82, 2.24) is 9.88 Å². The summed E-state index contributed by atoms with van der Waals surface area (Å²) in [5, 5.41) is 0.507. The summed E-state index contributed by atoms with van der Waals surface area (Å²) in [4.78, 5) is 19.3. The highest BCUT2D eigenvalue weighted by atomic mass is 35.5. The Morgan fingerprint density at radius 2 is 2.17 bits per heavy atom. The van der Waals surface area contributed by atoms with Crippen LogP contribution in [0, 0.1) is 0 Å². The molecule has 0 bridgehead atoms. The zero-order valence-corrected chi connectivity index (χ0v) is 14.1. The number of hydrogen-bond donors (Lipinski definition) is 1. The Kier molecular flexibility index (Phi) is 5.33. The van der Waals surface area contributed by atoms with E-state index in [-0.39, 0.29) is 11.9 Å². The minimum absolute atomic E-state index is 0.0855. The summed E-state index contributed by atoms with van der Waals surface area (Å²) in [6.45, 7) is 1.22. The van der Waals surface area contributed by atoms with Gasteiger partial charge in [0.05, 0.1) is 17.8 Å². The Morgan fingerprint density at radius 3 is 2.83 bits per heavy atom. The van der Waals surface area contributed by atoms with E-state index in [4.69, 9.17) is 22.1 Å². The Morgan fingerprint density at radius 1 is 1.33 bits per heavy atom. The predicted molar refractivity (Wildman–Crippen MR) is 93.1 cm³/mol. The summed E-state index contributed by atoms with van der Waals surface area (Å²) in [5.41, 5.74) is 6.83. The molecule has 0 unspecified atom stereocenters. The van der Waals surface area contributed by atoms with Crippen molar-refractivity contribution in [1.29, 1.82) is 0 Å². The van der Waals surface area contributed by atoms with Crippen molar-refractivity contribution in [3.8, 4) is 5.75 Å². The molecule has 24 heavy (non-hydrogen) atoms. The fraction of sp³-hybridized carbons (Fsp3) is 0.333. The van der Waals surface area contributed by atoms with Crippen LogP contribution in [0.5, 0.6) is 5.75 Å². The second kappa shape index (κ2) is 7.64. The van der Waals surface area contributed by atoms with Gasteiger partial charge in [-0.2, -0.15) is 0 Å². The summed E-state index contributed by atoms with van der Waals surface area (Å²) in [7, 11) is 0. The molecule has 1 fully saturated rings. The van der Waals surface area contributed by atoms with Crippen LogP contribution in [0.15, 0.2) is 42.6 Å². The van der Waals surface area contributed by atoms with Gasteiger partial charge in [0, 0.05) is 23.8 Å². The molecular formula is C18H20ClN3O2. The molecule has 2 aromatic rings. The van der Waals surface area contributed by atoms with Gasteiger partial charge >= 0.3 is 0 Å². The number of rotatable bonds is 7. The number of benzene rings is 1. The monoisotopic (exact) mass is 345 g/mol. The second-order valence-electron chi connectivity index (χ2n) is 5.76. The van der Waals surface area contributed by atoms with E-state index in [9.17, 15) is 4.79 Å². The van der Waals surface area contributed by atoms with Crippen LogP contribution in [0.4, 0.5) is 0 Å². The van der Waals surface area contributed by atoms with Crippen molar-refractivity contribution >= 4 is 17.5 Å². The molecular weight excluding hydrogens is 326 g/mol. The van der Waals surface area contributed by atoms with E-state index >= 15 is 0 Å². The van der Waals surface area contributed by atoms with Crippen LogP contribution in [0.2, 0.25) is 5.02 Å². The van der Waals surface area contributed by atoms with Gasteiger partial charge in [0.15, 0.2) is 0 Å². The number of aromatic nitrogens is 1. The van der Waals surface area contributed by atoms with E-state index in [0.29, 0.717) is 36.0 Å². The standard InChI is InChI=1S/C18H20ClN3O2/c19-13-4-7-17(24-10-8-20)16(11-13)18(23)22(15-5-6-15)12-14-3-1-2-9-21-14/h1-4,7,9,11,15H,5-6,8,10,12,20H2. The maximum atomic E-state index is 13.1. The molecule has 0 atom stereocenters. The lowest BCUT2D eigenvalue weighted by Gasteiger charge is -2.23. The second-order valence-corrected chi connectivity index (χ2v) is 6.20. The molecule has 6 heteroatoms. The fourth-order valence-corrected chi connectivity index (χ4v) is 2.71. The van der Waals surface area contributed by atoms with Crippen LogP contribution in [0.25, 0.3) is 0 Å². The Labute approximate surface area is 146 Å². The molecule has 2 N–H and O–H groups in total. The van der Waals surface area contributed by atoms with E-state index in [1.165, 1.54) is 0 Å². The van der Waals surface area contributed by atoms with Gasteiger partial charge in [-0.25, -0.2) is 0 Å². The third-order valence-corrected chi connectivity index (χ3v) is 4.09. The largest absolute Gasteiger partial charge is 0.491 e. The number of amides is 1. The van der Waals surface area contributed by atoms with Crippen molar-refractivity contribution in [3.05, 3.63) is 58.9 Å². The van der Waals surface area contributed by atoms with Crippen molar-refractivity contribution in [2.24, 2.45) is 5.73 Å². The Bertz CT molecular complexity index is 705. The van der Waals surface area contributed by atoms with Crippen molar-refractivity contribution < 1.29 is 9.53 Å². The summed E-state index contributed by atoms with van der Waals surface area (Å²) in [6.07, 6.45) is 3.76. The third-order valence-electron chi connectivity index (χ3n) is 3.85. The summed E-state index contributed by atoms with van der Waals surface area (Å²) < 4.78 is 5.62. The summed E-state index contributed by atoms with van der Waals surface area (Å²) in [6, 6.07) is 11.0. The normalized spacial score (nSPS) is 13.6. The molecule has 1 aliphatic rings. The molecule has 126 valence electrons. The predicted octanol–water partition coefficient (Wildman–Crippen LogP) is 2.88. The first-order valence-electron chi connectivity index (χ1n) is 8.02. The highest BCUT2D eigenvalue weighted by Gasteiger charge is 2.34. The zero-order valence-electron chi connectivity index (χ0n) is 13.3. The van der Waals surface area contributed by atoms with E-state index in [2.05, 4.69) is 4.98 Å². The fourth-order valence-electron chi connectivity index (χ4n) is 2.54. The number of carbonyl (C=O) groups excluding carboxylic acids is 1. The van der Waals surface area contributed by atoms with Gasteiger partial charge in [-0.3, -0.25) is 9.78 Å². The molecule has 0 radical (unpaired) electrons. The first-order valence-corrected chi connectivity index (χ1v) is 8.40. The first-order chi connectivity index (χ1) is 11.7. The molecule has 1 amide bonds. The lowest BCUT2D eigenvalue weighted by atomic mass is 10.1. The van der Waals surface area contributed by atoms with Gasteiger partial charge in [-0.1, -0.05) is 17.7 Å². The molecule has 0 spiro atoms. The van der Waals surface area contributed by atoms with Crippen LogP contribution in [-0.4, -0.2) is 35.0 Å². The number of ether oxygens (including phenoxy) is 1. The maximum absolute atomic E-state index is 13.1. The maximum Gasteiger partial charge on any atom is 0.258 e. The first kappa shape index (κ1) is 16.7. The van der Waals surface area contributed by atoms with Gasteiger partial charge in [-0.05, 0) is 43.2 Å². The lowest BCUT2D eigenvalue weighted by Crippen LogP contribution is -2.33. The van der Waals surface area contributed by atoms with Gasteiger partial charge in [0.2, 0.25) is 0 Å². The van der Waals surface area contributed by atoms with Crippen molar-refractivity contribution in [2.75, 3.05) is 13.2 Å². The lowest BCUT2D eigenvalue weighted by molar-refractivity contribution is 0.0723. The summed E-state index contributed by atoms with van der Waals surface area (Å²) in [5.74, 6) is 0.430. The Balaban J connectivity index is 1.86. The molecule has 1 aromatic heterocycles. The number of hydrogen-bond acceptors (Lipinski definition) is 4. The van der Waals surface area contributed by atoms with Crippen LogP contribution >= 0.6 is 11.6 Å². The van der Waals surface area contributed by atoms with E-state index in [1.807, 2.05) is 23.1 Å². The third kappa shape index (κ3) is 4.04. The SMILES string of the molecule is NCCOc1ccc(Cl)cc1C(=O)N(Cc1ccccn1)C1CC1. The van der Waals surface area contributed by atoms with Crippen LogP contribution < -0.4 is 10.5 Å². The molecule has 0 aliphatic heterocycles. The average molecular weight is 346 g/mol. The highest BCUT2D eigenvalue weighted by Crippen LogP contribution is 2.32. The Hall–Kier alpha value is -2.11. The van der Waals surface area contributed by atoms with Gasteiger partial charge in [0.1, 0.15) is 12.4 Å².